The van der Waals surface area contributed by atoms with Gasteiger partial charge in [-0.05, 0) is 39.8 Å². The summed E-state index contributed by atoms with van der Waals surface area (Å²) in [5.74, 6) is -0.537. The topological polar surface area (TPSA) is 84.2 Å². The van der Waals surface area contributed by atoms with Crippen LogP contribution in [0.3, 0.4) is 0 Å². The third-order valence-electron chi connectivity index (χ3n) is 3.23. The van der Waals surface area contributed by atoms with Crippen molar-refractivity contribution < 1.29 is 9.59 Å². The van der Waals surface area contributed by atoms with Gasteiger partial charge in [0.1, 0.15) is 0 Å². The summed E-state index contributed by atoms with van der Waals surface area (Å²) < 4.78 is 0. The lowest BCUT2D eigenvalue weighted by molar-refractivity contribution is -0.126. The van der Waals surface area contributed by atoms with Crippen molar-refractivity contribution in [2.75, 3.05) is 11.9 Å². The third kappa shape index (κ3) is 4.66. The molecule has 0 radical (unpaired) electrons. The molecule has 1 atom stereocenters. The number of carbonyl (C=O) groups is 2. The highest BCUT2D eigenvalue weighted by atomic mass is 16.2. The first-order valence-electron chi connectivity index (χ1n) is 6.63. The van der Waals surface area contributed by atoms with Gasteiger partial charge in [-0.2, -0.15) is 0 Å². The van der Waals surface area contributed by atoms with Crippen LogP contribution in [0.4, 0.5) is 5.69 Å². The lowest BCUT2D eigenvalue weighted by Crippen LogP contribution is -2.46. The van der Waals surface area contributed by atoms with Gasteiger partial charge in [0.15, 0.2) is 0 Å². The van der Waals surface area contributed by atoms with E-state index in [1.807, 2.05) is 31.2 Å². The third-order valence-corrected chi connectivity index (χ3v) is 3.23. The maximum atomic E-state index is 12.0. The highest BCUT2D eigenvalue weighted by Crippen LogP contribution is 2.13. The second kappa shape index (κ2) is 6.52. The molecule has 0 aliphatic carbocycles. The quantitative estimate of drug-likeness (QED) is 0.735. The zero-order valence-electron chi connectivity index (χ0n) is 12.5. The predicted octanol–water partition coefficient (Wildman–Crippen LogP) is 1.42. The molecule has 4 N–H and O–H groups in total. The van der Waals surface area contributed by atoms with Crippen LogP contribution < -0.4 is 16.4 Å². The van der Waals surface area contributed by atoms with Gasteiger partial charge < -0.3 is 16.4 Å². The van der Waals surface area contributed by atoms with E-state index in [-0.39, 0.29) is 5.91 Å². The van der Waals surface area contributed by atoms with Gasteiger partial charge in [0, 0.05) is 12.2 Å². The van der Waals surface area contributed by atoms with Crippen LogP contribution in [0.5, 0.6) is 0 Å². The molecular weight excluding hydrogens is 254 g/mol. The zero-order valence-corrected chi connectivity index (χ0v) is 12.5. The Labute approximate surface area is 119 Å². The average molecular weight is 277 g/mol. The van der Waals surface area contributed by atoms with E-state index in [9.17, 15) is 9.59 Å². The Balaban J connectivity index is 2.51. The summed E-state index contributed by atoms with van der Waals surface area (Å²) in [6.45, 7) is 7.58. The fourth-order valence-corrected chi connectivity index (χ4v) is 1.48. The van der Waals surface area contributed by atoms with Crippen molar-refractivity contribution in [3.05, 3.63) is 29.8 Å². The van der Waals surface area contributed by atoms with Gasteiger partial charge in [0.05, 0.1) is 11.5 Å². The van der Waals surface area contributed by atoms with Crippen LogP contribution in [0.2, 0.25) is 0 Å². The van der Waals surface area contributed by atoms with Gasteiger partial charge in [0.2, 0.25) is 11.8 Å². The molecule has 0 spiro atoms. The number of hydrogen-bond acceptors (Lipinski definition) is 3. The number of nitrogens with two attached hydrogens (primary N) is 1. The fourth-order valence-electron chi connectivity index (χ4n) is 1.48. The van der Waals surface area contributed by atoms with Crippen LogP contribution in [-0.4, -0.2) is 24.4 Å². The van der Waals surface area contributed by atoms with Crippen LogP contribution in [0.25, 0.3) is 0 Å². The fraction of sp³-hybridized carbons (Fsp3) is 0.467. The normalized spacial score (nSPS) is 12.8. The molecule has 0 aliphatic heterocycles. The molecule has 110 valence electrons. The number of primary amides is 1. The molecule has 0 fully saturated rings. The van der Waals surface area contributed by atoms with Gasteiger partial charge in [0.25, 0.3) is 0 Å². The number of carbonyl (C=O) groups excluding carboxylic acids is 2. The molecule has 0 aliphatic rings. The van der Waals surface area contributed by atoms with Crippen molar-refractivity contribution in [2.45, 2.75) is 33.7 Å². The zero-order chi connectivity index (χ0) is 15.3. The summed E-state index contributed by atoms with van der Waals surface area (Å²) in [6, 6.07) is 7.17. The van der Waals surface area contributed by atoms with E-state index < -0.39 is 17.4 Å². The Morgan fingerprint density at radius 1 is 1.25 bits per heavy atom. The molecule has 1 aromatic rings. The highest BCUT2D eigenvalue weighted by Gasteiger charge is 2.26. The smallest absolute Gasteiger partial charge is 0.241 e. The molecule has 20 heavy (non-hydrogen) atoms. The first kappa shape index (κ1) is 16.2. The molecule has 5 heteroatoms. The molecule has 0 bridgehead atoms. The van der Waals surface area contributed by atoms with Crippen LogP contribution in [0, 0.1) is 12.3 Å². The number of rotatable bonds is 6. The van der Waals surface area contributed by atoms with Crippen molar-refractivity contribution in [3.63, 3.8) is 0 Å². The van der Waals surface area contributed by atoms with Crippen molar-refractivity contribution in [2.24, 2.45) is 11.1 Å². The summed E-state index contributed by atoms with van der Waals surface area (Å²) in [4.78, 5) is 23.2. The summed E-state index contributed by atoms with van der Waals surface area (Å²) in [6.07, 6.45) is 0. The van der Waals surface area contributed by atoms with E-state index in [4.69, 9.17) is 5.73 Å². The van der Waals surface area contributed by atoms with Crippen molar-refractivity contribution in [1.29, 1.82) is 0 Å². The van der Waals surface area contributed by atoms with E-state index in [0.29, 0.717) is 6.54 Å². The molecule has 0 aromatic heterocycles. The maximum absolute atomic E-state index is 12.0. The van der Waals surface area contributed by atoms with Gasteiger partial charge in [-0.3, -0.25) is 9.59 Å². The summed E-state index contributed by atoms with van der Waals surface area (Å²) in [5, 5.41) is 5.84. The standard InChI is InChI=1S/C15H23N3O2/c1-10-5-7-12(8-6-10)18-13(19)11(2)17-9-15(3,4)14(16)20/h5-8,11,17H,9H2,1-4H3,(H2,16,20)(H,18,19). The predicted molar refractivity (Wildman–Crippen MR) is 80.2 cm³/mol. The van der Waals surface area contributed by atoms with Crippen molar-refractivity contribution in [1.82, 2.24) is 5.32 Å². The minimum Gasteiger partial charge on any atom is -0.369 e. The number of anilines is 1. The first-order valence-corrected chi connectivity index (χ1v) is 6.63. The van der Waals surface area contributed by atoms with Crippen molar-refractivity contribution in [3.8, 4) is 0 Å². The van der Waals surface area contributed by atoms with Gasteiger partial charge in [-0.1, -0.05) is 17.7 Å². The Kier molecular flexibility index (Phi) is 5.27. The monoisotopic (exact) mass is 277 g/mol. The molecule has 1 aromatic carbocycles. The Bertz CT molecular complexity index is 480. The summed E-state index contributed by atoms with van der Waals surface area (Å²) in [7, 11) is 0. The van der Waals surface area contributed by atoms with E-state index >= 15 is 0 Å². The van der Waals surface area contributed by atoms with E-state index in [2.05, 4.69) is 10.6 Å². The lowest BCUT2D eigenvalue weighted by Gasteiger charge is -2.23. The number of amides is 2. The molecule has 0 saturated heterocycles. The lowest BCUT2D eigenvalue weighted by atomic mass is 9.92. The molecule has 0 heterocycles. The Morgan fingerprint density at radius 3 is 2.30 bits per heavy atom. The summed E-state index contributed by atoms with van der Waals surface area (Å²) >= 11 is 0. The van der Waals surface area contributed by atoms with E-state index in [0.717, 1.165) is 11.3 Å². The van der Waals surface area contributed by atoms with Crippen LogP contribution >= 0.6 is 0 Å². The second-order valence-electron chi connectivity index (χ2n) is 5.71. The Morgan fingerprint density at radius 2 is 1.80 bits per heavy atom. The average Bonchev–Trinajstić information content (AvgIpc) is 2.38. The largest absolute Gasteiger partial charge is 0.369 e. The second-order valence-corrected chi connectivity index (χ2v) is 5.71. The van der Waals surface area contributed by atoms with Gasteiger partial charge >= 0.3 is 0 Å². The number of nitrogens with one attached hydrogen (secondary N) is 2. The van der Waals surface area contributed by atoms with Crippen LogP contribution in [-0.2, 0) is 9.59 Å². The molecular formula is C15H23N3O2. The molecule has 1 unspecified atom stereocenters. The molecule has 0 saturated carbocycles. The van der Waals surface area contributed by atoms with Crippen molar-refractivity contribution >= 4 is 17.5 Å². The first-order chi connectivity index (χ1) is 9.22. The number of benzene rings is 1. The summed E-state index contributed by atoms with van der Waals surface area (Å²) in [5.41, 5.74) is 6.50. The minimum atomic E-state index is -0.682. The van der Waals surface area contributed by atoms with Crippen LogP contribution in [0.1, 0.15) is 26.3 Å². The Hall–Kier alpha value is -1.88. The van der Waals surface area contributed by atoms with E-state index in [1.165, 1.54) is 0 Å². The number of hydrogen-bond donors (Lipinski definition) is 3. The van der Waals surface area contributed by atoms with E-state index in [1.54, 1.807) is 20.8 Å². The number of aryl methyl sites for hydroxylation is 1. The SMILES string of the molecule is Cc1ccc(NC(=O)C(C)NCC(C)(C)C(N)=O)cc1. The molecule has 1 rings (SSSR count). The van der Waals surface area contributed by atoms with Gasteiger partial charge in [-0.25, -0.2) is 0 Å². The minimum absolute atomic E-state index is 0.144. The molecule has 2 amide bonds. The highest BCUT2D eigenvalue weighted by molar-refractivity contribution is 5.94. The maximum Gasteiger partial charge on any atom is 0.241 e. The van der Waals surface area contributed by atoms with Crippen LogP contribution in [0.15, 0.2) is 24.3 Å². The van der Waals surface area contributed by atoms with Gasteiger partial charge in [-0.15, -0.1) is 0 Å². The molecule has 5 nitrogen and oxygen atoms in total.